The number of rotatable bonds is 5. The average molecular weight is 728 g/mol. The van der Waals surface area contributed by atoms with Gasteiger partial charge in [0.25, 0.3) is 0 Å². The molecule has 0 unspecified atom stereocenters. The van der Waals surface area contributed by atoms with Crippen LogP contribution in [0, 0.1) is 0 Å². The van der Waals surface area contributed by atoms with E-state index in [0.717, 1.165) is 33.2 Å². The lowest BCUT2D eigenvalue weighted by atomic mass is 9.95. The predicted molar refractivity (Wildman–Crippen MR) is 241 cm³/mol. The third-order valence-electron chi connectivity index (χ3n) is 9.99. The Balaban J connectivity index is 0.000000817. The second kappa shape index (κ2) is 15.8. The minimum absolute atomic E-state index is 0.882. The van der Waals surface area contributed by atoms with Crippen LogP contribution < -0.4 is 0 Å². The van der Waals surface area contributed by atoms with Crippen molar-refractivity contribution in [1.82, 2.24) is 4.57 Å². The highest BCUT2D eigenvalue weighted by Gasteiger charge is 2.19. The summed E-state index contributed by atoms with van der Waals surface area (Å²) in [5.41, 5.74) is 14.8. The number of furan rings is 1. The van der Waals surface area contributed by atoms with Crippen molar-refractivity contribution in [1.29, 1.82) is 0 Å². The molecule has 3 heteroatoms. The maximum Gasteiger partial charge on any atom is 0.137 e. The summed E-state index contributed by atoms with van der Waals surface area (Å²) in [6.45, 7) is 5.25. The fraction of sp³-hybridized carbons (Fsp3) is 0.0385. The van der Waals surface area contributed by atoms with Crippen molar-refractivity contribution in [2.24, 2.45) is 0 Å². The Morgan fingerprint density at radius 3 is 1.51 bits per heavy atom. The first-order valence-electron chi connectivity index (χ1n) is 18.5. The lowest BCUT2D eigenvalue weighted by molar-refractivity contribution is 0.669. The third kappa shape index (κ3) is 6.76. The van der Waals surface area contributed by atoms with Gasteiger partial charge in [-0.15, -0.1) is 6.58 Å². The Hall–Kier alpha value is -6.55. The Morgan fingerprint density at radius 2 is 0.873 bits per heavy atom. The molecule has 266 valence electrons. The summed E-state index contributed by atoms with van der Waals surface area (Å²) in [6.07, 6.45) is 3.44. The molecule has 10 aromatic rings. The number of allylic oxidation sites excluding steroid dienone is 1. The zero-order valence-electron chi connectivity index (χ0n) is 31.0. The smallest absolute Gasteiger partial charge is 0.137 e. The van der Waals surface area contributed by atoms with E-state index in [1.165, 1.54) is 60.8 Å². The van der Waals surface area contributed by atoms with Gasteiger partial charge in [0.15, 0.2) is 0 Å². The minimum atomic E-state index is 0.882. The van der Waals surface area contributed by atoms with Gasteiger partial charge in [-0.05, 0) is 112 Å². The SMILES string of the molecule is C=CC.CS.c1ccc(-c2cccc(-c3cccc(-c4ccc5oc6cccc(-n7c8ccccc8c8cc(-c9ccccc9)ccc87)c6c5c4)c3)c2)cc1. The standard InChI is InChI=1S/C48H31NO.C3H6.CH4S/c1-3-12-32(13-4-1)34-16-9-17-35(28-34)36-18-10-19-37(29-36)39-25-27-46-42(31-39)48-45(22-11-23-47(48)50-46)49-43-21-8-7-20-40(43)41-30-38(24-26-44(41)49)33-14-5-2-6-15-33;1-3-2;1-2/h1-31H;3H,1H2,2H3;2H,1H3. The molecule has 0 saturated heterocycles. The Morgan fingerprint density at radius 1 is 0.418 bits per heavy atom. The molecule has 0 fully saturated rings. The van der Waals surface area contributed by atoms with E-state index in [1.54, 1.807) is 12.3 Å². The van der Waals surface area contributed by atoms with Crippen molar-refractivity contribution in [3.05, 3.63) is 201 Å². The molecule has 0 aliphatic heterocycles. The van der Waals surface area contributed by atoms with Gasteiger partial charge in [0, 0.05) is 16.2 Å². The van der Waals surface area contributed by atoms with Gasteiger partial charge < -0.3 is 8.98 Å². The van der Waals surface area contributed by atoms with E-state index in [-0.39, 0.29) is 0 Å². The molecule has 10 rings (SSSR count). The van der Waals surface area contributed by atoms with Gasteiger partial charge in [-0.25, -0.2) is 0 Å². The summed E-state index contributed by atoms with van der Waals surface area (Å²) >= 11 is 3.53. The van der Waals surface area contributed by atoms with Gasteiger partial charge in [-0.3, -0.25) is 0 Å². The molecular formula is C52H41NOS. The number of aromatic nitrogens is 1. The zero-order valence-corrected chi connectivity index (χ0v) is 31.9. The molecule has 0 radical (unpaired) electrons. The van der Waals surface area contributed by atoms with Crippen molar-refractivity contribution < 1.29 is 4.42 Å². The molecule has 0 aliphatic carbocycles. The minimum Gasteiger partial charge on any atom is -0.456 e. The first kappa shape index (κ1) is 35.5. The first-order valence-corrected chi connectivity index (χ1v) is 19.4. The molecule has 2 aromatic heterocycles. The molecule has 0 bridgehead atoms. The number of nitrogens with zero attached hydrogens (tertiary/aromatic N) is 1. The predicted octanol–water partition coefficient (Wildman–Crippen LogP) is 15.1. The largest absolute Gasteiger partial charge is 0.456 e. The number of benzene rings is 8. The van der Waals surface area contributed by atoms with Gasteiger partial charge in [-0.1, -0.05) is 140 Å². The molecule has 0 amide bonds. The van der Waals surface area contributed by atoms with E-state index in [2.05, 4.69) is 212 Å². The van der Waals surface area contributed by atoms with Crippen LogP contribution in [0.4, 0.5) is 0 Å². The van der Waals surface area contributed by atoms with Crippen LogP contribution in [0.5, 0.6) is 0 Å². The van der Waals surface area contributed by atoms with Crippen LogP contribution in [0.25, 0.3) is 93.9 Å². The van der Waals surface area contributed by atoms with Crippen LogP contribution in [0.2, 0.25) is 0 Å². The van der Waals surface area contributed by atoms with Crippen LogP contribution in [-0.4, -0.2) is 10.8 Å². The van der Waals surface area contributed by atoms with Crippen LogP contribution in [-0.2, 0) is 0 Å². The highest BCUT2D eigenvalue weighted by atomic mass is 32.1. The number of hydrogen-bond donors (Lipinski definition) is 1. The van der Waals surface area contributed by atoms with E-state index in [4.69, 9.17) is 4.42 Å². The van der Waals surface area contributed by atoms with Crippen LogP contribution >= 0.6 is 12.6 Å². The molecule has 2 heterocycles. The summed E-state index contributed by atoms with van der Waals surface area (Å²) in [5, 5.41) is 4.70. The Kier molecular flexibility index (Phi) is 10.2. The maximum absolute atomic E-state index is 6.52. The third-order valence-corrected chi connectivity index (χ3v) is 9.99. The molecule has 0 spiro atoms. The van der Waals surface area contributed by atoms with Crippen molar-refractivity contribution in [3.8, 4) is 50.2 Å². The van der Waals surface area contributed by atoms with Crippen molar-refractivity contribution in [2.75, 3.05) is 6.26 Å². The fourth-order valence-electron chi connectivity index (χ4n) is 7.60. The molecule has 55 heavy (non-hydrogen) atoms. The lowest BCUT2D eigenvalue weighted by Gasteiger charge is -2.11. The summed E-state index contributed by atoms with van der Waals surface area (Å²) in [5.74, 6) is 0. The normalized spacial score (nSPS) is 10.9. The lowest BCUT2D eigenvalue weighted by Crippen LogP contribution is -1.94. The second-order valence-electron chi connectivity index (χ2n) is 13.3. The quantitative estimate of drug-likeness (QED) is 0.138. The summed E-state index contributed by atoms with van der Waals surface area (Å²) in [7, 11) is 0. The Labute approximate surface area is 328 Å². The second-order valence-corrected chi connectivity index (χ2v) is 13.3. The van der Waals surface area contributed by atoms with Crippen molar-refractivity contribution in [3.63, 3.8) is 0 Å². The number of fused-ring (bicyclic) bond motifs is 6. The van der Waals surface area contributed by atoms with Crippen LogP contribution in [0.15, 0.2) is 205 Å². The van der Waals surface area contributed by atoms with E-state index >= 15 is 0 Å². The van der Waals surface area contributed by atoms with E-state index in [0.29, 0.717) is 0 Å². The molecule has 0 aliphatic rings. The molecule has 0 N–H and O–H groups in total. The average Bonchev–Trinajstić information content (AvgIpc) is 3.81. The molecular weight excluding hydrogens is 687 g/mol. The van der Waals surface area contributed by atoms with Crippen molar-refractivity contribution >= 4 is 56.4 Å². The molecule has 8 aromatic carbocycles. The van der Waals surface area contributed by atoms with Gasteiger partial charge in [0.2, 0.25) is 0 Å². The highest BCUT2D eigenvalue weighted by molar-refractivity contribution is 7.79. The maximum atomic E-state index is 6.52. The molecule has 2 nitrogen and oxygen atoms in total. The summed E-state index contributed by atoms with van der Waals surface area (Å²) in [4.78, 5) is 0. The summed E-state index contributed by atoms with van der Waals surface area (Å²) in [6, 6.07) is 67.4. The Bertz CT molecular complexity index is 2920. The zero-order chi connectivity index (χ0) is 37.7. The number of hydrogen-bond acceptors (Lipinski definition) is 2. The first-order chi connectivity index (χ1) is 27.2. The topological polar surface area (TPSA) is 18.1 Å². The van der Waals surface area contributed by atoms with E-state index in [9.17, 15) is 0 Å². The molecule has 0 atom stereocenters. The van der Waals surface area contributed by atoms with Gasteiger partial charge >= 0.3 is 0 Å². The van der Waals surface area contributed by atoms with Gasteiger partial charge in [-0.2, -0.15) is 12.6 Å². The van der Waals surface area contributed by atoms with Crippen molar-refractivity contribution in [2.45, 2.75) is 6.92 Å². The molecule has 0 saturated carbocycles. The summed E-state index contributed by atoms with van der Waals surface area (Å²) < 4.78 is 8.92. The highest BCUT2D eigenvalue weighted by Crippen LogP contribution is 2.41. The fourth-order valence-corrected chi connectivity index (χ4v) is 7.60. The monoisotopic (exact) mass is 727 g/mol. The van der Waals surface area contributed by atoms with E-state index in [1.807, 2.05) is 6.92 Å². The van der Waals surface area contributed by atoms with Crippen LogP contribution in [0.1, 0.15) is 6.92 Å². The number of para-hydroxylation sites is 1. The van der Waals surface area contributed by atoms with E-state index < -0.39 is 0 Å². The van der Waals surface area contributed by atoms with Gasteiger partial charge in [0.05, 0.1) is 22.1 Å². The van der Waals surface area contributed by atoms with Gasteiger partial charge in [0.1, 0.15) is 11.2 Å². The van der Waals surface area contributed by atoms with Crippen LogP contribution in [0.3, 0.4) is 0 Å². The number of thiol groups is 1.